The number of aliphatic hydroxyl groups is 1. The van der Waals surface area contributed by atoms with Crippen molar-refractivity contribution in [1.29, 1.82) is 0 Å². The van der Waals surface area contributed by atoms with Gasteiger partial charge in [0.25, 0.3) is 5.69 Å². The number of hydrogen-bond donors (Lipinski definition) is 2. The third-order valence-corrected chi connectivity index (χ3v) is 4.24. The molecule has 1 fully saturated rings. The maximum atomic E-state index is 13.9. The Hall–Kier alpha value is -2.74. The fourth-order valence-corrected chi connectivity index (χ4v) is 3.05. The van der Waals surface area contributed by atoms with Gasteiger partial charge < -0.3 is 15.3 Å². The van der Waals surface area contributed by atoms with Gasteiger partial charge in [0.05, 0.1) is 11.5 Å². The van der Waals surface area contributed by atoms with Crippen LogP contribution in [-0.4, -0.2) is 29.2 Å². The average molecular weight is 349 g/mol. The predicted molar refractivity (Wildman–Crippen MR) is 89.6 cm³/mol. The number of benzene rings is 2. The first-order chi connectivity index (χ1) is 12.0. The molecule has 2 aromatic carbocycles. The van der Waals surface area contributed by atoms with Crippen LogP contribution in [0.5, 0.6) is 0 Å². The maximum absolute atomic E-state index is 13.9. The van der Waals surface area contributed by atoms with E-state index >= 15 is 0 Å². The number of rotatable bonds is 5. The summed E-state index contributed by atoms with van der Waals surface area (Å²) in [6, 6.07) is 7.85. The molecule has 1 heterocycles. The third kappa shape index (κ3) is 3.53. The van der Waals surface area contributed by atoms with Crippen molar-refractivity contribution in [1.82, 2.24) is 0 Å². The standard InChI is InChI=1S/C17H17F2N3O3/c18-13-2-1-3-14(19)17(13)21-7-6-12(9-21)20-15-8-11(10-23)4-5-16(15)22(24)25/h1-5,8,12,20,23H,6-7,9-10H2. The minimum absolute atomic E-state index is 0.0783. The van der Waals surface area contributed by atoms with Crippen LogP contribution in [0, 0.1) is 21.7 Å². The van der Waals surface area contributed by atoms with Crippen LogP contribution in [0.25, 0.3) is 0 Å². The normalized spacial score (nSPS) is 16.9. The van der Waals surface area contributed by atoms with E-state index in [0.29, 0.717) is 25.1 Å². The van der Waals surface area contributed by atoms with Gasteiger partial charge in [-0.3, -0.25) is 10.1 Å². The maximum Gasteiger partial charge on any atom is 0.292 e. The molecule has 1 aliphatic heterocycles. The predicted octanol–water partition coefficient (Wildman–Crippen LogP) is 3.06. The van der Waals surface area contributed by atoms with Crippen molar-refractivity contribution in [3.8, 4) is 0 Å². The Bertz CT molecular complexity index is 780. The zero-order chi connectivity index (χ0) is 18.0. The number of halogens is 2. The van der Waals surface area contributed by atoms with E-state index in [9.17, 15) is 24.0 Å². The van der Waals surface area contributed by atoms with Crippen LogP contribution in [0.15, 0.2) is 36.4 Å². The Morgan fingerprint density at radius 3 is 2.64 bits per heavy atom. The van der Waals surface area contributed by atoms with E-state index in [1.165, 1.54) is 36.4 Å². The largest absolute Gasteiger partial charge is 0.392 e. The molecular weight excluding hydrogens is 332 g/mol. The van der Waals surface area contributed by atoms with Crippen molar-refractivity contribution in [3.63, 3.8) is 0 Å². The van der Waals surface area contributed by atoms with Crippen molar-refractivity contribution in [2.24, 2.45) is 0 Å². The minimum Gasteiger partial charge on any atom is -0.392 e. The zero-order valence-corrected chi connectivity index (χ0v) is 13.3. The Morgan fingerprint density at radius 1 is 1.28 bits per heavy atom. The van der Waals surface area contributed by atoms with Gasteiger partial charge in [0.2, 0.25) is 0 Å². The molecule has 0 radical (unpaired) electrons. The first kappa shape index (κ1) is 17.1. The molecule has 0 saturated carbocycles. The summed E-state index contributed by atoms with van der Waals surface area (Å²) in [7, 11) is 0. The highest BCUT2D eigenvalue weighted by atomic mass is 19.1. The lowest BCUT2D eigenvalue weighted by Crippen LogP contribution is -2.27. The van der Waals surface area contributed by atoms with Gasteiger partial charge in [-0.1, -0.05) is 6.07 Å². The number of hydrogen-bond acceptors (Lipinski definition) is 5. The van der Waals surface area contributed by atoms with Crippen molar-refractivity contribution in [3.05, 3.63) is 63.7 Å². The van der Waals surface area contributed by atoms with Crippen LogP contribution in [0.4, 0.5) is 25.8 Å². The van der Waals surface area contributed by atoms with Crippen molar-refractivity contribution in [2.45, 2.75) is 19.1 Å². The molecule has 8 heteroatoms. The molecule has 0 amide bonds. The average Bonchev–Trinajstić information content (AvgIpc) is 3.02. The number of para-hydroxylation sites is 1. The Morgan fingerprint density at radius 2 is 2.00 bits per heavy atom. The highest BCUT2D eigenvalue weighted by Crippen LogP contribution is 2.31. The van der Waals surface area contributed by atoms with E-state index in [-0.39, 0.29) is 29.7 Å². The molecule has 0 aromatic heterocycles. The van der Waals surface area contributed by atoms with E-state index in [1.807, 2.05) is 0 Å². The Kier molecular flexibility index (Phi) is 4.80. The first-order valence-corrected chi connectivity index (χ1v) is 7.83. The molecule has 25 heavy (non-hydrogen) atoms. The summed E-state index contributed by atoms with van der Waals surface area (Å²) in [5.74, 6) is -1.26. The lowest BCUT2D eigenvalue weighted by molar-refractivity contribution is -0.384. The second kappa shape index (κ2) is 7.02. The summed E-state index contributed by atoms with van der Waals surface area (Å²) in [5, 5.41) is 23.4. The summed E-state index contributed by atoms with van der Waals surface area (Å²) in [5.41, 5.74) is 0.652. The second-order valence-corrected chi connectivity index (χ2v) is 5.91. The summed E-state index contributed by atoms with van der Waals surface area (Å²) in [6.45, 7) is 0.519. The lowest BCUT2D eigenvalue weighted by atomic mass is 10.1. The van der Waals surface area contributed by atoms with Crippen molar-refractivity contribution in [2.75, 3.05) is 23.3 Å². The van der Waals surface area contributed by atoms with Gasteiger partial charge in [0, 0.05) is 25.2 Å². The number of nitro groups is 1. The fraction of sp³-hybridized carbons (Fsp3) is 0.294. The molecular formula is C17H17F2N3O3. The number of nitrogens with one attached hydrogen (secondary N) is 1. The Labute approximate surface area is 142 Å². The molecule has 1 saturated heterocycles. The van der Waals surface area contributed by atoms with Crippen molar-refractivity contribution >= 4 is 17.1 Å². The van der Waals surface area contributed by atoms with Gasteiger partial charge in [-0.15, -0.1) is 0 Å². The molecule has 0 spiro atoms. The van der Waals surface area contributed by atoms with Crippen LogP contribution in [0.1, 0.15) is 12.0 Å². The zero-order valence-electron chi connectivity index (χ0n) is 13.3. The van der Waals surface area contributed by atoms with E-state index < -0.39 is 16.6 Å². The molecule has 2 aromatic rings. The summed E-state index contributed by atoms with van der Waals surface area (Å²) < 4.78 is 27.8. The molecule has 2 N–H and O–H groups in total. The fourth-order valence-electron chi connectivity index (χ4n) is 3.05. The molecule has 132 valence electrons. The second-order valence-electron chi connectivity index (χ2n) is 5.91. The van der Waals surface area contributed by atoms with Gasteiger partial charge in [-0.25, -0.2) is 8.78 Å². The Balaban J connectivity index is 1.79. The lowest BCUT2D eigenvalue weighted by Gasteiger charge is -2.20. The molecule has 0 bridgehead atoms. The number of nitro benzene ring substituents is 1. The van der Waals surface area contributed by atoms with Crippen molar-refractivity contribution < 1.29 is 18.8 Å². The summed E-state index contributed by atoms with van der Waals surface area (Å²) in [4.78, 5) is 12.2. The van der Waals surface area contributed by atoms with Gasteiger partial charge in [0.1, 0.15) is 23.0 Å². The monoisotopic (exact) mass is 349 g/mol. The smallest absolute Gasteiger partial charge is 0.292 e. The molecule has 6 nitrogen and oxygen atoms in total. The first-order valence-electron chi connectivity index (χ1n) is 7.83. The SMILES string of the molecule is O=[N+]([O-])c1ccc(CO)cc1NC1CCN(c2c(F)cccc2F)C1. The summed E-state index contributed by atoms with van der Waals surface area (Å²) >= 11 is 0. The van der Waals surface area contributed by atoms with Gasteiger partial charge in [-0.05, 0) is 36.2 Å². The van der Waals surface area contributed by atoms with Gasteiger partial charge in [0.15, 0.2) is 0 Å². The highest BCUT2D eigenvalue weighted by Gasteiger charge is 2.28. The molecule has 1 unspecified atom stereocenters. The van der Waals surface area contributed by atoms with Crippen LogP contribution in [0.2, 0.25) is 0 Å². The quantitative estimate of drug-likeness (QED) is 0.641. The van der Waals surface area contributed by atoms with E-state index in [2.05, 4.69) is 5.32 Å². The number of nitrogens with zero attached hydrogens (tertiary/aromatic N) is 2. The number of aliphatic hydroxyl groups excluding tert-OH is 1. The summed E-state index contributed by atoms with van der Waals surface area (Å²) in [6.07, 6.45) is 0.578. The van der Waals surface area contributed by atoms with Crippen LogP contribution in [0.3, 0.4) is 0 Å². The van der Waals surface area contributed by atoms with Gasteiger partial charge >= 0.3 is 0 Å². The topological polar surface area (TPSA) is 78.6 Å². The van der Waals surface area contributed by atoms with Crippen LogP contribution < -0.4 is 10.2 Å². The van der Waals surface area contributed by atoms with Crippen LogP contribution >= 0.6 is 0 Å². The molecule has 3 rings (SSSR count). The minimum atomic E-state index is -0.631. The molecule has 1 aliphatic rings. The van der Waals surface area contributed by atoms with Gasteiger partial charge in [-0.2, -0.15) is 0 Å². The number of anilines is 2. The highest BCUT2D eigenvalue weighted by molar-refractivity contribution is 5.64. The van der Waals surface area contributed by atoms with Crippen LogP contribution in [-0.2, 0) is 6.61 Å². The van der Waals surface area contributed by atoms with E-state index in [0.717, 1.165) is 0 Å². The molecule has 1 atom stereocenters. The van der Waals surface area contributed by atoms with E-state index in [1.54, 1.807) is 4.90 Å². The third-order valence-electron chi connectivity index (χ3n) is 4.24. The molecule has 0 aliphatic carbocycles. The van der Waals surface area contributed by atoms with E-state index in [4.69, 9.17) is 0 Å².